The lowest BCUT2D eigenvalue weighted by Crippen LogP contribution is -2.61. The van der Waals surface area contributed by atoms with Crippen molar-refractivity contribution >= 4 is 33.8 Å². The highest BCUT2D eigenvalue weighted by atomic mass is 32.2. The molecular weight excluding hydrogens is 559 g/mol. The van der Waals surface area contributed by atoms with Crippen LogP contribution in [0.3, 0.4) is 0 Å². The number of carboxylic acid groups (broad SMARTS) is 1. The van der Waals surface area contributed by atoms with E-state index in [9.17, 15) is 36.0 Å². The summed E-state index contributed by atoms with van der Waals surface area (Å²) in [5.41, 5.74) is 1.46. The Kier molecular flexibility index (Phi) is 11.3. The average Bonchev–Trinajstić information content (AvgIpc) is 3.18. The molecule has 3 rings (SSSR count). The Morgan fingerprint density at radius 1 is 1.25 bits per heavy atom. The molecule has 1 aromatic rings. The minimum Gasteiger partial charge on any atom is -0.542 e. The molecule has 2 unspecified atom stereocenters. The third kappa shape index (κ3) is 9.05. The van der Waals surface area contributed by atoms with E-state index in [2.05, 4.69) is 11.9 Å². The summed E-state index contributed by atoms with van der Waals surface area (Å²) in [6.07, 6.45) is -2.48. The number of nitrogens with one attached hydrogen (secondary N) is 1. The zero-order valence-corrected chi connectivity index (χ0v) is 22.8. The van der Waals surface area contributed by atoms with E-state index in [0.717, 1.165) is 16.4 Å². The largest absolute Gasteiger partial charge is 0.542 e. The zero-order valence-electron chi connectivity index (χ0n) is 21.9. The number of hydrogen-bond donors (Lipinski definition) is 1. The molecule has 2 aliphatic rings. The van der Waals surface area contributed by atoms with Gasteiger partial charge in [-0.1, -0.05) is 31.7 Å². The predicted molar refractivity (Wildman–Crippen MR) is 134 cm³/mol. The zero-order chi connectivity index (χ0) is 30.1. The van der Waals surface area contributed by atoms with E-state index >= 15 is 0 Å². The van der Waals surface area contributed by atoms with Gasteiger partial charge in [-0.3, -0.25) is 14.4 Å². The fourth-order valence-corrected chi connectivity index (χ4v) is 6.35. The summed E-state index contributed by atoms with van der Waals surface area (Å²) in [6.45, 7) is 7.74. The van der Waals surface area contributed by atoms with Crippen molar-refractivity contribution in [2.24, 2.45) is 0 Å². The Morgan fingerprint density at radius 2 is 1.88 bits per heavy atom. The Hall–Kier alpha value is -3.46. The van der Waals surface area contributed by atoms with Crippen LogP contribution in [-0.4, -0.2) is 91.7 Å². The fourth-order valence-electron chi connectivity index (χ4n) is 4.64. The highest BCUT2D eigenvalue weighted by Crippen LogP contribution is 2.33. The van der Waals surface area contributed by atoms with E-state index in [1.807, 2.05) is 12.1 Å². The topological polar surface area (TPSA) is 150 Å². The summed E-state index contributed by atoms with van der Waals surface area (Å²) in [7, 11) is -3.55. The Balaban J connectivity index is 0.000000708. The Morgan fingerprint density at radius 3 is 2.42 bits per heavy atom. The predicted octanol–water partition coefficient (Wildman–Crippen LogP) is 0.505. The summed E-state index contributed by atoms with van der Waals surface area (Å²) in [5.74, 6) is -4.02. The number of hydrogen-bond acceptors (Lipinski definition) is 8. The molecule has 2 bridgehead atoms. The molecule has 1 aromatic carbocycles. The van der Waals surface area contributed by atoms with Gasteiger partial charge in [0.15, 0.2) is 6.54 Å². The van der Waals surface area contributed by atoms with Gasteiger partial charge in [0.2, 0.25) is 10.0 Å². The molecule has 0 aliphatic carbocycles. The van der Waals surface area contributed by atoms with Crippen LogP contribution in [0, 0.1) is 0 Å². The molecular formula is C25H32F3N3O8S. The van der Waals surface area contributed by atoms with Gasteiger partial charge in [-0.2, -0.15) is 13.2 Å². The quantitative estimate of drug-likeness (QED) is 0.222. The molecule has 2 atom stereocenters. The third-order valence-corrected chi connectivity index (χ3v) is 8.31. The van der Waals surface area contributed by atoms with Crippen molar-refractivity contribution < 1.29 is 55.1 Å². The maximum atomic E-state index is 12.8. The number of halogens is 3. The Labute approximate surface area is 230 Å². The first-order valence-electron chi connectivity index (χ1n) is 12.5. The van der Waals surface area contributed by atoms with Crippen molar-refractivity contribution in [2.45, 2.75) is 44.9 Å². The lowest BCUT2D eigenvalue weighted by molar-refractivity contribution is -0.925. The van der Waals surface area contributed by atoms with E-state index < -0.39 is 28.1 Å². The molecule has 1 N–H and O–H groups in total. The maximum absolute atomic E-state index is 12.8. The van der Waals surface area contributed by atoms with Gasteiger partial charge in [-0.25, -0.2) is 12.7 Å². The number of carbonyl (C=O) groups excluding carboxylic acids is 4. The number of rotatable bonds is 11. The standard InChI is InChI=1S/C23H31N3O6S.C2HF3O2/c1-3-13-32-22(28)9-11-24-23(29)19-7-5-18(6-8-19)15-26-12-10-20(16-26)25(21(27)17-26)33(30,31)14-4-2;3-2(4,5)1(6)7/h3,5-8,20H,1,4,9-17H2,2H3;(H,6,7). The van der Waals surface area contributed by atoms with Gasteiger partial charge in [0.1, 0.15) is 31.7 Å². The Bertz CT molecular complexity index is 1200. The molecule has 2 fully saturated rings. The number of alkyl halides is 3. The van der Waals surface area contributed by atoms with Gasteiger partial charge in [-0.05, 0) is 18.6 Å². The van der Waals surface area contributed by atoms with Crippen molar-refractivity contribution in [3.8, 4) is 0 Å². The molecule has 11 nitrogen and oxygen atoms in total. The van der Waals surface area contributed by atoms with Gasteiger partial charge < -0.3 is 24.4 Å². The second-order valence-corrected chi connectivity index (χ2v) is 11.4. The van der Waals surface area contributed by atoms with Gasteiger partial charge in [-0.15, -0.1) is 0 Å². The van der Waals surface area contributed by atoms with Crippen LogP contribution >= 0.6 is 0 Å². The highest BCUT2D eigenvalue weighted by Gasteiger charge is 2.52. The summed E-state index contributed by atoms with van der Waals surface area (Å²) in [4.78, 5) is 45.3. The smallest absolute Gasteiger partial charge is 0.430 e. The number of fused-ring (bicyclic) bond motifs is 2. The first-order valence-corrected chi connectivity index (χ1v) is 14.1. The summed E-state index contributed by atoms with van der Waals surface area (Å²) in [6, 6.07) is 6.88. The van der Waals surface area contributed by atoms with Gasteiger partial charge in [0.25, 0.3) is 11.8 Å². The van der Waals surface area contributed by atoms with E-state index in [1.165, 1.54) is 6.08 Å². The molecule has 2 heterocycles. The van der Waals surface area contributed by atoms with Crippen molar-refractivity contribution in [1.29, 1.82) is 0 Å². The number of esters is 1. The second kappa shape index (κ2) is 13.7. The molecule has 2 saturated heterocycles. The molecule has 40 heavy (non-hydrogen) atoms. The van der Waals surface area contributed by atoms with Gasteiger partial charge in [0, 0.05) is 24.1 Å². The fraction of sp³-hybridized carbons (Fsp3) is 0.520. The highest BCUT2D eigenvalue weighted by molar-refractivity contribution is 7.89. The van der Waals surface area contributed by atoms with Crippen LogP contribution in [0.1, 0.15) is 42.1 Å². The van der Waals surface area contributed by atoms with Crippen molar-refractivity contribution in [3.05, 3.63) is 48.0 Å². The van der Waals surface area contributed by atoms with Crippen molar-refractivity contribution in [2.75, 3.05) is 38.5 Å². The number of carbonyl (C=O) groups is 4. The lowest BCUT2D eigenvalue weighted by Gasteiger charge is -2.40. The van der Waals surface area contributed by atoms with Crippen molar-refractivity contribution in [3.63, 3.8) is 0 Å². The van der Waals surface area contributed by atoms with Crippen LogP contribution in [0.25, 0.3) is 0 Å². The number of nitrogens with zero attached hydrogens (tertiary/aromatic N) is 2. The van der Waals surface area contributed by atoms with Crippen LogP contribution < -0.4 is 10.4 Å². The van der Waals surface area contributed by atoms with Gasteiger partial charge >= 0.3 is 12.1 Å². The number of ether oxygens (including phenoxy) is 1. The average molecular weight is 592 g/mol. The summed E-state index contributed by atoms with van der Waals surface area (Å²) < 4.78 is 63.2. The van der Waals surface area contributed by atoms with Crippen LogP contribution in [0.2, 0.25) is 0 Å². The number of sulfonamides is 1. The van der Waals surface area contributed by atoms with E-state index in [0.29, 0.717) is 36.0 Å². The maximum Gasteiger partial charge on any atom is 0.430 e. The third-order valence-electron chi connectivity index (χ3n) is 6.29. The molecule has 222 valence electrons. The van der Waals surface area contributed by atoms with Crippen LogP contribution in [0.4, 0.5) is 13.2 Å². The summed E-state index contributed by atoms with van der Waals surface area (Å²) >= 11 is 0. The number of aliphatic carboxylic acids is 1. The monoisotopic (exact) mass is 591 g/mol. The van der Waals surface area contributed by atoms with E-state index in [-0.39, 0.29) is 49.7 Å². The lowest BCUT2D eigenvalue weighted by atomic mass is 10.1. The first kappa shape index (κ1) is 32.8. The SMILES string of the molecule is C=CCOC(=O)CCNC(=O)c1ccc(C[N+]23CCC(C2)N(S(=O)(=O)CCC)C(=O)C3)cc1.O=C([O-])C(F)(F)F. The van der Waals surface area contributed by atoms with E-state index in [1.54, 1.807) is 19.1 Å². The molecule has 0 radical (unpaired) electrons. The van der Waals surface area contributed by atoms with Crippen molar-refractivity contribution in [1.82, 2.24) is 9.62 Å². The normalized spacial score (nSPS) is 20.2. The molecule has 15 heteroatoms. The molecule has 2 amide bonds. The number of carboxylic acids is 1. The molecule has 2 aliphatic heterocycles. The van der Waals surface area contributed by atoms with Crippen LogP contribution in [0.5, 0.6) is 0 Å². The number of quaternary nitrogens is 1. The molecule has 0 aromatic heterocycles. The molecule has 0 spiro atoms. The number of benzene rings is 1. The minimum atomic E-state index is -5.19. The molecule has 0 saturated carbocycles. The van der Waals surface area contributed by atoms with Crippen LogP contribution in [0.15, 0.2) is 36.9 Å². The summed E-state index contributed by atoms with van der Waals surface area (Å²) in [5, 5.41) is 11.5. The first-order chi connectivity index (χ1) is 18.6. The van der Waals surface area contributed by atoms with Crippen LogP contribution in [-0.2, 0) is 35.7 Å². The van der Waals surface area contributed by atoms with E-state index in [4.69, 9.17) is 14.6 Å². The minimum absolute atomic E-state index is 0.00518. The van der Waals surface area contributed by atoms with Gasteiger partial charge in [0.05, 0.1) is 18.7 Å². The number of amides is 2. The number of piperazine rings is 1. The second-order valence-electron chi connectivity index (χ2n) is 9.47.